The highest BCUT2D eigenvalue weighted by Gasteiger charge is 2.28. The molecule has 8 heteroatoms. The molecule has 1 atom stereocenters. The Morgan fingerprint density at radius 3 is 2.76 bits per heavy atom. The van der Waals surface area contributed by atoms with Crippen LogP contribution in [-0.4, -0.2) is 31.1 Å². The van der Waals surface area contributed by atoms with Crippen molar-refractivity contribution in [1.29, 1.82) is 0 Å². The van der Waals surface area contributed by atoms with Crippen LogP contribution < -0.4 is 10.1 Å². The fraction of sp³-hybridized carbons (Fsp3) is 0.235. The average molecular weight is 345 g/mol. The van der Waals surface area contributed by atoms with Crippen LogP contribution in [0.25, 0.3) is 0 Å². The van der Waals surface area contributed by atoms with E-state index >= 15 is 0 Å². The number of benzene rings is 1. The summed E-state index contributed by atoms with van der Waals surface area (Å²) in [5.41, 5.74) is 0.590. The summed E-state index contributed by atoms with van der Waals surface area (Å²) >= 11 is 0. The Morgan fingerprint density at radius 2 is 2.00 bits per heavy atom. The minimum atomic E-state index is -0.714. The van der Waals surface area contributed by atoms with Gasteiger partial charge in [-0.1, -0.05) is 6.07 Å². The Kier molecular flexibility index (Phi) is 4.42. The lowest BCUT2D eigenvalue weighted by Gasteiger charge is -2.24. The van der Waals surface area contributed by atoms with Gasteiger partial charge >= 0.3 is 11.9 Å². The van der Waals surface area contributed by atoms with E-state index in [4.69, 9.17) is 13.9 Å². The van der Waals surface area contributed by atoms with Crippen molar-refractivity contribution in [2.75, 3.05) is 12.4 Å². The highest BCUT2D eigenvalue weighted by molar-refractivity contribution is 6.02. The highest BCUT2D eigenvalue weighted by atomic mass is 16.6. The second kappa shape index (κ2) is 6.68. The zero-order valence-corrected chi connectivity index (χ0v) is 13.5. The number of hydrogen-bond donors (Lipinski definition) is 1. The molecule has 0 bridgehead atoms. The minimum absolute atomic E-state index is 0.0190. The average Bonchev–Trinajstić information content (AvgIpc) is 3.08. The maximum absolute atomic E-state index is 12.3. The van der Waals surface area contributed by atoms with E-state index in [2.05, 4.69) is 10.1 Å². The number of ether oxygens (including phenoxy) is 3. The van der Waals surface area contributed by atoms with E-state index in [1.807, 2.05) is 0 Å². The highest BCUT2D eigenvalue weighted by Crippen LogP contribution is 2.33. The lowest BCUT2D eigenvalue weighted by molar-refractivity contribution is -0.122. The number of carbonyl (C=O) groups is 3. The molecule has 8 nitrogen and oxygen atoms in total. The van der Waals surface area contributed by atoms with Crippen molar-refractivity contribution in [2.24, 2.45) is 0 Å². The second-order valence-electron chi connectivity index (χ2n) is 5.27. The molecule has 1 amide bonds. The van der Waals surface area contributed by atoms with Crippen LogP contribution in [0.5, 0.6) is 5.75 Å². The number of para-hydroxylation sites is 1. The maximum Gasteiger partial charge on any atom is 0.373 e. The van der Waals surface area contributed by atoms with Crippen molar-refractivity contribution in [3.63, 3.8) is 0 Å². The molecule has 0 saturated heterocycles. The first-order valence-corrected chi connectivity index (χ1v) is 7.44. The molecule has 25 heavy (non-hydrogen) atoms. The van der Waals surface area contributed by atoms with Gasteiger partial charge in [0.1, 0.15) is 17.9 Å². The Hall–Kier alpha value is -3.29. The van der Waals surface area contributed by atoms with Crippen molar-refractivity contribution in [2.45, 2.75) is 19.6 Å². The van der Waals surface area contributed by atoms with Crippen molar-refractivity contribution in [3.8, 4) is 5.75 Å². The quantitative estimate of drug-likeness (QED) is 0.847. The minimum Gasteiger partial charge on any atom is -0.478 e. The van der Waals surface area contributed by atoms with E-state index in [1.54, 1.807) is 19.1 Å². The van der Waals surface area contributed by atoms with E-state index in [0.717, 1.165) is 0 Å². The summed E-state index contributed by atoms with van der Waals surface area (Å²) in [6.45, 7) is 1.42. The Balaban J connectivity index is 1.72. The van der Waals surface area contributed by atoms with Crippen LogP contribution in [0.1, 0.15) is 33.6 Å². The van der Waals surface area contributed by atoms with Crippen LogP contribution in [0.4, 0.5) is 5.69 Å². The third-order valence-electron chi connectivity index (χ3n) is 3.55. The maximum atomic E-state index is 12.3. The summed E-state index contributed by atoms with van der Waals surface area (Å²) < 4.78 is 20.5. The molecule has 0 radical (unpaired) electrons. The SMILES string of the molecule is COC(=O)c1ccc(COC(=O)c2cccc3c2OC(C)C(=O)N3)o1. The van der Waals surface area contributed by atoms with E-state index in [0.29, 0.717) is 11.4 Å². The molecule has 0 saturated carbocycles. The summed E-state index contributed by atoms with van der Waals surface area (Å²) in [7, 11) is 1.24. The number of furan rings is 1. The number of methoxy groups -OCH3 is 1. The van der Waals surface area contributed by atoms with Gasteiger partial charge in [-0.3, -0.25) is 4.79 Å². The van der Waals surface area contributed by atoms with Gasteiger partial charge in [-0.25, -0.2) is 9.59 Å². The third kappa shape index (κ3) is 3.32. The zero-order valence-electron chi connectivity index (χ0n) is 13.5. The van der Waals surface area contributed by atoms with Gasteiger partial charge in [0.2, 0.25) is 5.76 Å². The molecule has 1 N–H and O–H groups in total. The number of anilines is 1. The second-order valence-corrected chi connectivity index (χ2v) is 5.27. The largest absolute Gasteiger partial charge is 0.478 e. The standard InChI is InChI=1S/C17H15NO7/c1-9-15(19)18-12-5-3-4-11(14(12)24-9)16(20)23-8-10-6-7-13(25-10)17(21)22-2/h3-7,9H,8H2,1-2H3,(H,18,19). The third-order valence-corrected chi connectivity index (χ3v) is 3.55. The van der Waals surface area contributed by atoms with Gasteiger partial charge < -0.3 is 23.9 Å². The first-order chi connectivity index (χ1) is 12.0. The molecular formula is C17H15NO7. The van der Waals surface area contributed by atoms with Crippen LogP contribution in [0.3, 0.4) is 0 Å². The number of nitrogens with one attached hydrogen (secondary N) is 1. The van der Waals surface area contributed by atoms with E-state index < -0.39 is 18.0 Å². The van der Waals surface area contributed by atoms with Crippen molar-refractivity contribution in [3.05, 3.63) is 47.4 Å². The van der Waals surface area contributed by atoms with Crippen molar-refractivity contribution >= 4 is 23.5 Å². The topological polar surface area (TPSA) is 104 Å². The predicted molar refractivity (Wildman–Crippen MR) is 84.3 cm³/mol. The molecule has 1 aromatic heterocycles. The van der Waals surface area contributed by atoms with Gasteiger partial charge in [-0.2, -0.15) is 0 Å². The Labute approximate surface area is 142 Å². The molecule has 1 aromatic carbocycles. The predicted octanol–water partition coefficient (Wildman–Crippen LogP) is 2.14. The fourth-order valence-corrected chi connectivity index (χ4v) is 2.27. The first-order valence-electron chi connectivity index (χ1n) is 7.44. The lowest BCUT2D eigenvalue weighted by Crippen LogP contribution is -2.35. The summed E-state index contributed by atoms with van der Waals surface area (Å²) in [6.07, 6.45) is -0.714. The molecule has 0 aliphatic carbocycles. The molecule has 3 rings (SSSR count). The van der Waals surface area contributed by atoms with Gasteiger partial charge in [-0.05, 0) is 31.2 Å². The van der Waals surface area contributed by atoms with Crippen LogP contribution in [0.15, 0.2) is 34.7 Å². The normalized spacial score (nSPS) is 15.6. The van der Waals surface area contributed by atoms with Gasteiger partial charge in [0.15, 0.2) is 11.9 Å². The number of esters is 2. The molecule has 2 heterocycles. The van der Waals surface area contributed by atoms with E-state index in [-0.39, 0.29) is 29.6 Å². The zero-order chi connectivity index (χ0) is 18.0. The molecule has 0 fully saturated rings. The van der Waals surface area contributed by atoms with Crippen LogP contribution >= 0.6 is 0 Å². The van der Waals surface area contributed by atoms with Crippen LogP contribution in [0.2, 0.25) is 0 Å². The van der Waals surface area contributed by atoms with Gasteiger partial charge in [0.25, 0.3) is 5.91 Å². The van der Waals surface area contributed by atoms with E-state index in [1.165, 1.54) is 25.3 Å². The van der Waals surface area contributed by atoms with Gasteiger partial charge in [-0.15, -0.1) is 0 Å². The number of rotatable bonds is 4. The molecule has 130 valence electrons. The Bertz CT molecular complexity index is 839. The Morgan fingerprint density at radius 1 is 1.20 bits per heavy atom. The summed E-state index contributed by atoms with van der Waals surface area (Å²) in [6, 6.07) is 7.72. The summed E-state index contributed by atoms with van der Waals surface area (Å²) in [5, 5.41) is 2.66. The molecule has 0 spiro atoms. The summed E-state index contributed by atoms with van der Waals surface area (Å²) in [4.78, 5) is 35.3. The lowest BCUT2D eigenvalue weighted by atomic mass is 10.1. The summed E-state index contributed by atoms with van der Waals surface area (Å²) in [5.74, 6) is -0.978. The number of carbonyl (C=O) groups excluding carboxylic acids is 3. The fourth-order valence-electron chi connectivity index (χ4n) is 2.27. The van der Waals surface area contributed by atoms with E-state index in [9.17, 15) is 14.4 Å². The smallest absolute Gasteiger partial charge is 0.373 e. The molecule has 1 unspecified atom stereocenters. The molecule has 1 aliphatic heterocycles. The molecule has 1 aliphatic rings. The number of hydrogen-bond acceptors (Lipinski definition) is 7. The monoisotopic (exact) mass is 345 g/mol. The van der Waals surface area contributed by atoms with Crippen LogP contribution in [0, 0.1) is 0 Å². The number of fused-ring (bicyclic) bond motifs is 1. The first kappa shape index (κ1) is 16.6. The molecular weight excluding hydrogens is 330 g/mol. The van der Waals surface area contributed by atoms with Crippen molar-refractivity contribution in [1.82, 2.24) is 0 Å². The molecule has 2 aromatic rings. The van der Waals surface area contributed by atoms with Gasteiger partial charge in [0.05, 0.1) is 12.8 Å². The van der Waals surface area contributed by atoms with Gasteiger partial charge in [0, 0.05) is 0 Å². The number of amides is 1. The van der Waals surface area contributed by atoms with Crippen molar-refractivity contribution < 1.29 is 33.0 Å². The van der Waals surface area contributed by atoms with Crippen LogP contribution in [-0.2, 0) is 20.9 Å².